The van der Waals surface area contributed by atoms with Crippen LogP contribution in [0, 0.1) is 0 Å². The number of hydrogen-bond acceptors (Lipinski definition) is 4. The van der Waals surface area contributed by atoms with E-state index in [-0.39, 0.29) is 23.3 Å². The molecule has 0 unspecified atom stereocenters. The molecule has 2 heterocycles. The molecule has 0 N–H and O–H groups in total. The highest BCUT2D eigenvalue weighted by atomic mass is 35.5. The number of rotatable bonds is 3. The van der Waals surface area contributed by atoms with Crippen LogP contribution in [-0.2, 0) is 6.54 Å². The summed E-state index contributed by atoms with van der Waals surface area (Å²) in [6.45, 7) is 0.431. The molecule has 23 heavy (non-hydrogen) atoms. The summed E-state index contributed by atoms with van der Waals surface area (Å²) >= 11 is 7.30. The molecule has 0 saturated carbocycles. The van der Waals surface area contributed by atoms with E-state index in [1.165, 1.54) is 30.5 Å². The molecule has 3 rings (SSSR count). The Labute approximate surface area is 142 Å². The maximum Gasteiger partial charge on any atom is 0.261 e. The molecule has 1 aliphatic heterocycles. The van der Waals surface area contributed by atoms with Crippen LogP contribution in [0.15, 0.2) is 30.3 Å². The maximum absolute atomic E-state index is 12.5. The van der Waals surface area contributed by atoms with Crippen LogP contribution in [0.25, 0.3) is 0 Å². The van der Waals surface area contributed by atoms with Gasteiger partial charge >= 0.3 is 0 Å². The van der Waals surface area contributed by atoms with Gasteiger partial charge in [-0.15, -0.1) is 11.3 Å². The minimum atomic E-state index is -0.382. The van der Waals surface area contributed by atoms with E-state index < -0.39 is 0 Å². The molecule has 0 radical (unpaired) electrons. The Kier molecular flexibility index (Phi) is 3.95. The van der Waals surface area contributed by atoms with E-state index in [4.69, 9.17) is 11.6 Å². The van der Waals surface area contributed by atoms with Gasteiger partial charge in [0.1, 0.15) is 0 Å². The molecule has 0 atom stereocenters. The zero-order chi connectivity index (χ0) is 16.7. The van der Waals surface area contributed by atoms with E-state index >= 15 is 0 Å². The predicted molar refractivity (Wildman–Crippen MR) is 88.0 cm³/mol. The van der Waals surface area contributed by atoms with Gasteiger partial charge < -0.3 is 4.90 Å². The highest BCUT2D eigenvalue weighted by molar-refractivity contribution is 7.16. The number of nitrogens with zero attached hydrogens (tertiary/aromatic N) is 2. The summed E-state index contributed by atoms with van der Waals surface area (Å²) in [5, 5.41) is 0. The van der Waals surface area contributed by atoms with Crippen molar-refractivity contribution in [3.8, 4) is 0 Å². The number of thiophene rings is 1. The van der Waals surface area contributed by atoms with Crippen molar-refractivity contribution >= 4 is 40.7 Å². The largest absolute Gasteiger partial charge is 0.337 e. The average Bonchev–Trinajstić information content (AvgIpc) is 3.04. The first kappa shape index (κ1) is 15.7. The molecular formula is C16H13ClN2O3S. The van der Waals surface area contributed by atoms with Crippen molar-refractivity contribution in [3.63, 3.8) is 0 Å². The fraction of sp³-hybridized carbons (Fsp3) is 0.188. The van der Waals surface area contributed by atoms with Crippen molar-refractivity contribution < 1.29 is 14.4 Å². The van der Waals surface area contributed by atoms with Crippen molar-refractivity contribution in [2.75, 3.05) is 14.1 Å². The van der Waals surface area contributed by atoms with E-state index in [2.05, 4.69) is 0 Å². The van der Waals surface area contributed by atoms with Gasteiger partial charge in [0.15, 0.2) is 0 Å². The molecule has 0 bridgehead atoms. The van der Waals surface area contributed by atoms with Crippen molar-refractivity contribution in [2.45, 2.75) is 6.54 Å². The molecule has 1 aromatic heterocycles. The Hall–Kier alpha value is -2.18. The standard InChI is InChI=1S/C16H13ClN2O3S/c1-18(8-10-4-6-13(17)23-10)14(20)9-3-5-11-12(7-9)16(22)19(2)15(11)21/h3-7H,8H2,1-2H3. The third kappa shape index (κ3) is 2.75. The fourth-order valence-electron chi connectivity index (χ4n) is 2.46. The highest BCUT2D eigenvalue weighted by Crippen LogP contribution is 2.25. The van der Waals surface area contributed by atoms with E-state index in [0.717, 1.165) is 9.78 Å². The van der Waals surface area contributed by atoms with Gasteiger partial charge in [0, 0.05) is 24.5 Å². The summed E-state index contributed by atoms with van der Waals surface area (Å²) in [6, 6.07) is 8.25. The number of amides is 3. The summed E-state index contributed by atoms with van der Waals surface area (Å²) in [7, 11) is 3.11. The number of imide groups is 1. The number of carbonyl (C=O) groups excluding carboxylic acids is 3. The van der Waals surface area contributed by atoms with Crippen molar-refractivity contribution in [1.29, 1.82) is 0 Å². The van der Waals surface area contributed by atoms with Gasteiger partial charge in [-0.3, -0.25) is 19.3 Å². The number of hydrogen-bond donors (Lipinski definition) is 0. The number of benzene rings is 1. The molecular weight excluding hydrogens is 336 g/mol. The first-order valence-electron chi connectivity index (χ1n) is 6.84. The third-order valence-electron chi connectivity index (χ3n) is 3.71. The van der Waals surface area contributed by atoms with Crippen LogP contribution in [0.5, 0.6) is 0 Å². The Morgan fingerprint density at radius 2 is 1.87 bits per heavy atom. The second-order valence-electron chi connectivity index (χ2n) is 5.30. The lowest BCUT2D eigenvalue weighted by Crippen LogP contribution is -2.26. The van der Waals surface area contributed by atoms with E-state index in [1.54, 1.807) is 24.1 Å². The van der Waals surface area contributed by atoms with Gasteiger partial charge in [0.05, 0.1) is 22.0 Å². The van der Waals surface area contributed by atoms with Gasteiger partial charge in [0.2, 0.25) is 0 Å². The van der Waals surface area contributed by atoms with Gasteiger partial charge in [-0.05, 0) is 30.3 Å². The molecule has 1 aliphatic rings. The fourth-order valence-corrected chi connectivity index (χ4v) is 3.60. The lowest BCUT2D eigenvalue weighted by molar-refractivity contribution is 0.0692. The van der Waals surface area contributed by atoms with Crippen LogP contribution < -0.4 is 0 Å². The Balaban J connectivity index is 1.83. The SMILES string of the molecule is CN(Cc1ccc(Cl)s1)C(=O)c1ccc2c(c1)C(=O)N(C)C2=O. The number of carbonyl (C=O) groups is 3. The van der Waals surface area contributed by atoms with Crippen LogP contribution in [0.4, 0.5) is 0 Å². The summed E-state index contributed by atoms with van der Waals surface area (Å²) in [5.41, 5.74) is 0.989. The minimum absolute atomic E-state index is 0.216. The summed E-state index contributed by atoms with van der Waals surface area (Å²) in [6.07, 6.45) is 0. The molecule has 0 aliphatic carbocycles. The first-order chi connectivity index (χ1) is 10.9. The molecule has 5 nitrogen and oxygen atoms in total. The smallest absolute Gasteiger partial charge is 0.261 e. The lowest BCUT2D eigenvalue weighted by atomic mass is 10.0. The van der Waals surface area contributed by atoms with Crippen molar-refractivity contribution in [1.82, 2.24) is 9.80 Å². The van der Waals surface area contributed by atoms with Crippen LogP contribution in [0.1, 0.15) is 36.0 Å². The van der Waals surface area contributed by atoms with Crippen LogP contribution in [-0.4, -0.2) is 41.6 Å². The molecule has 118 valence electrons. The first-order valence-corrected chi connectivity index (χ1v) is 8.04. The lowest BCUT2D eigenvalue weighted by Gasteiger charge is -2.16. The molecule has 0 fully saturated rings. The monoisotopic (exact) mass is 348 g/mol. The van der Waals surface area contributed by atoms with Crippen molar-refractivity contribution in [3.05, 3.63) is 56.2 Å². The van der Waals surface area contributed by atoms with E-state index in [1.807, 2.05) is 6.07 Å². The van der Waals surface area contributed by atoms with Crippen molar-refractivity contribution in [2.24, 2.45) is 0 Å². The minimum Gasteiger partial charge on any atom is -0.337 e. The second kappa shape index (κ2) is 5.79. The topological polar surface area (TPSA) is 57.7 Å². The molecule has 2 aromatic rings. The van der Waals surface area contributed by atoms with Gasteiger partial charge in [-0.2, -0.15) is 0 Å². The molecule has 0 spiro atoms. The van der Waals surface area contributed by atoms with E-state index in [0.29, 0.717) is 22.0 Å². The van der Waals surface area contributed by atoms with Gasteiger partial charge in [-0.1, -0.05) is 11.6 Å². The molecule has 1 aromatic carbocycles. The molecule has 3 amide bonds. The zero-order valence-corrected chi connectivity index (χ0v) is 14.1. The normalized spacial score (nSPS) is 13.4. The second-order valence-corrected chi connectivity index (χ2v) is 7.10. The summed E-state index contributed by atoms with van der Waals surface area (Å²) in [4.78, 5) is 40.0. The maximum atomic E-state index is 12.5. The molecule has 0 saturated heterocycles. The quantitative estimate of drug-likeness (QED) is 0.801. The Bertz CT molecular complexity index is 830. The summed E-state index contributed by atoms with van der Waals surface area (Å²) in [5.74, 6) is -0.940. The average molecular weight is 349 g/mol. The predicted octanol–water partition coefficient (Wildman–Crippen LogP) is 2.90. The number of fused-ring (bicyclic) bond motifs is 1. The van der Waals surface area contributed by atoms with Gasteiger partial charge in [0.25, 0.3) is 17.7 Å². The highest BCUT2D eigenvalue weighted by Gasteiger charge is 2.33. The van der Waals surface area contributed by atoms with Crippen LogP contribution >= 0.6 is 22.9 Å². The summed E-state index contributed by atoms with van der Waals surface area (Å²) < 4.78 is 0.672. The van der Waals surface area contributed by atoms with Gasteiger partial charge in [-0.25, -0.2) is 0 Å². The Morgan fingerprint density at radius 3 is 2.52 bits per heavy atom. The zero-order valence-electron chi connectivity index (χ0n) is 12.5. The van der Waals surface area contributed by atoms with E-state index in [9.17, 15) is 14.4 Å². The van der Waals surface area contributed by atoms with Crippen LogP contribution in [0.2, 0.25) is 4.34 Å². The van der Waals surface area contributed by atoms with Crippen LogP contribution in [0.3, 0.4) is 0 Å². The molecule has 7 heteroatoms. The third-order valence-corrected chi connectivity index (χ3v) is 4.92. The number of halogens is 1. The Morgan fingerprint density at radius 1 is 1.17 bits per heavy atom.